The van der Waals surface area contributed by atoms with Crippen molar-refractivity contribution in [3.05, 3.63) is 35.5 Å². The summed E-state index contributed by atoms with van der Waals surface area (Å²) in [7, 11) is 0. The smallest absolute Gasteiger partial charge is 0.407 e. The van der Waals surface area contributed by atoms with Crippen LogP contribution in [0.2, 0.25) is 0 Å². The number of benzene rings is 1. The molecule has 0 radical (unpaired) electrons. The van der Waals surface area contributed by atoms with E-state index < -0.39 is 0 Å². The molecule has 5 heteroatoms. The average Bonchev–Trinajstić information content (AvgIpc) is 3.04. The quantitative estimate of drug-likeness (QED) is 0.776. The first-order valence-electron chi connectivity index (χ1n) is 6.98. The molecule has 1 aliphatic heterocycles. The average molecular weight is 273 g/mol. The number of ether oxygens (including phenoxy) is 1. The second-order valence-corrected chi connectivity index (χ2v) is 5.21. The van der Waals surface area contributed by atoms with Crippen molar-refractivity contribution in [3.8, 4) is 0 Å². The predicted octanol–water partition coefficient (Wildman–Crippen LogP) is 1.71. The van der Waals surface area contributed by atoms with Gasteiger partial charge in [0.05, 0.1) is 6.04 Å². The number of hydrogen-bond donors (Lipinski definition) is 3. The van der Waals surface area contributed by atoms with E-state index in [0.29, 0.717) is 13.2 Å². The van der Waals surface area contributed by atoms with Gasteiger partial charge >= 0.3 is 6.09 Å². The van der Waals surface area contributed by atoms with Crippen LogP contribution >= 0.6 is 0 Å². The third kappa shape index (κ3) is 2.63. The van der Waals surface area contributed by atoms with Crippen molar-refractivity contribution < 1.29 is 9.53 Å². The molecule has 0 aliphatic carbocycles. The van der Waals surface area contributed by atoms with E-state index >= 15 is 0 Å². The molecule has 1 atom stereocenters. The fraction of sp³-hybridized carbons (Fsp3) is 0.400. The minimum atomic E-state index is -0.304. The van der Waals surface area contributed by atoms with Gasteiger partial charge < -0.3 is 20.8 Å². The summed E-state index contributed by atoms with van der Waals surface area (Å²) >= 11 is 0. The summed E-state index contributed by atoms with van der Waals surface area (Å²) in [6.45, 7) is 1.13. The normalized spacial score (nSPS) is 18.2. The Balaban J connectivity index is 1.71. The maximum absolute atomic E-state index is 11.0. The molecule has 1 aromatic carbocycles. The largest absolute Gasteiger partial charge is 0.447 e. The third-order valence-electron chi connectivity index (χ3n) is 3.76. The number of H-pyrrole nitrogens is 1. The first-order chi connectivity index (χ1) is 9.76. The molecular weight excluding hydrogens is 254 g/mol. The Morgan fingerprint density at radius 3 is 3.00 bits per heavy atom. The number of nitrogens with two attached hydrogens (primary N) is 1. The highest BCUT2D eigenvalue weighted by Crippen LogP contribution is 2.21. The van der Waals surface area contributed by atoms with Crippen LogP contribution in [0.5, 0.6) is 0 Å². The number of aromatic amines is 1. The Labute approximate surface area is 117 Å². The molecule has 5 nitrogen and oxygen atoms in total. The van der Waals surface area contributed by atoms with Crippen molar-refractivity contribution in [1.82, 2.24) is 10.3 Å². The molecule has 0 spiro atoms. The van der Waals surface area contributed by atoms with E-state index in [-0.39, 0.29) is 12.1 Å². The number of aryl methyl sites for hydroxylation is 1. The summed E-state index contributed by atoms with van der Waals surface area (Å²) in [5.74, 6) is 0. The van der Waals surface area contributed by atoms with Crippen molar-refractivity contribution in [3.63, 3.8) is 0 Å². The number of alkyl carbamates (subject to hydrolysis) is 1. The summed E-state index contributed by atoms with van der Waals surface area (Å²) in [5, 5.41) is 4.05. The van der Waals surface area contributed by atoms with E-state index in [1.807, 2.05) is 6.20 Å². The van der Waals surface area contributed by atoms with Gasteiger partial charge in [0.15, 0.2) is 0 Å². The van der Waals surface area contributed by atoms with Gasteiger partial charge in [0, 0.05) is 17.1 Å². The number of carbonyl (C=O) groups excluding carboxylic acids is 1. The van der Waals surface area contributed by atoms with Crippen LogP contribution in [0.15, 0.2) is 24.4 Å². The van der Waals surface area contributed by atoms with E-state index in [4.69, 9.17) is 10.5 Å². The molecule has 106 valence electrons. The fourth-order valence-electron chi connectivity index (χ4n) is 2.67. The lowest BCUT2D eigenvalue weighted by atomic mass is 10.0. The van der Waals surface area contributed by atoms with Crippen LogP contribution < -0.4 is 11.1 Å². The van der Waals surface area contributed by atoms with Crippen molar-refractivity contribution >= 4 is 17.0 Å². The van der Waals surface area contributed by atoms with Crippen molar-refractivity contribution in [1.29, 1.82) is 0 Å². The summed E-state index contributed by atoms with van der Waals surface area (Å²) in [4.78, 5) is 14.2. The number of amides is 1. The zero-order valence-electron chi connectivity index (χ0n) is 11.3. The van der Waals surface area contributed by atoms with Crippen molar-refractivity contribution in [2.24, 2.45) is 5.73 Å². The maximum Gasteiger partial charge on any atom is 0.407 e. The summed E-state index contributed by atoms with van der Waals surface area (Å²) in [5.41, 5.74) is 9.32. The lowest BCUT2D eigenvalue weighted by molar-refractivity contribution is 0.176. The van der Waals surface area contributed by atoms with Gasteiger partial charge in [-0.05, 0) is 49.1 Å². The lowest BCUT2D eigenvalue weighted by Crippen LogP contribution is -2.26. The molecular formula is C15H19N3O2. The van der Waals surface area contributed by atoms with Crippen LogP contribution in [-0.4, -0.2) is 30.3 Å². The van der Waals surface area contributed by atoms with Crippen molar-refractivity contribution in [2.45, 2.75) is 25.3 Å². The van der Waals surface area contributed by atoms with Crippen molar-refractivity contribution in [2.75, 3.05) is 13.2 Å². The number of cyclic esters (lactones) is 1. The molecule has 1 saturated heterocycles. The number of hydrogen-bond acceptors (Lipinski definition) is 3. The zero-order chi connectivity index (χ0) is 13.9. The Kier molecular flexibility index (Phi) is 3.60. The maximum atomic E-state index is 11.0. The number of aromatic nitrogens is 1. The minimum Gasteiger partial charge on any atom is -0.447 e. The standard InChI is InChI=1S/C15H19N3O2/c16-6-5-11-8-17-14-4-2-10(7-13(11)14)1-3-12-9-20-15(19)18-12/h2,4,7-8,12,17H,1,3,5-6,9,16H2,(H,18,19)/t12-/m0/s1. The van der Waals surface area contributed by atoms with Gasteiger partial charge in [-0.25, -0.2) is 4.79 Å². The van der Waals surface area contributed by atoms with E-state index in [9.17, 15) is 4.79 Å². The van der Waals surface area contributed by atoms with Gasteiger partial charge in [0.2, 0.25) is 0 Å². The van der Waals surface area contributed by atoms with Gasteiger partial charge in [0.25, 0.3) is 0 Å². The van der Waals surface area contributed by atoms with Crippen LogP contribution in [0.3, 0.4) is 0 Å². The second kappa shape index (κ2) is 5.54. The van der Waals surface area contributed by atoms with E-state index in [0.717, 1.165) is 24.8 Å². The highest BCUT2D eigenvalue weighted by molar-refractivity contribution is 5.83. The molecule has 20 heavy (non-hydrogen) atoms. The van der Waals surface area contributed by atoms with Gasteiger partial charge in [-0.1, -0.05) is 6.07 Å². The minimum absolute atomic E-state index is 0.132. The van der Waals surface area contributed by atoms with E-state index in [2.05, 4.69) is 28.5 Å². The molecule has 1 aliphatic rings. The Morgan fingerprint density at radius 1 is 1.35 bits per heavy atom. The fourth-order valence-corrected chi connectivity index (χ4v) is 2.67. The Hall–Kier alpha value is -2.01. The van der Waals surface area contributed by atoms with Crippen LogP contribution in [0, 0.1) is 0 Å². The Bertz CT molecular complexity index is 621. The summed E-state index contributed by atoms with van der Waals surface area (Å²) in [6, 6.07) is 6.58. The molecule has 0 saturated carbocycles. The molecule has 3 rings (SSSR count). The molecule has 2 heterocycles. The summed E-state index contributed by atoms with van der Waals surface area (Å²) < 4.78 is 4.89. The first-order valence-corrected chi connectivity index (χ1v) is 6.98. The zero-order valence-corrected chi connectivity index (χ0v) is 11.3. The highest BCUT2D eigenvalue weighted by atomic mass is 16.6. The molecule has 1 fully saturated rings. The molecule has 1 amide bonds. The molecule has 0 bridgehead atoms. The number of rotatable bonds is 5. The molecule has 0 unspecified atom stereocenters. The lowest BCUT2D eigenvalue weighted by Gasteiger charge is -2.07. The Morgan fingerprint density at radius 2 is 2.25 bits per heavy atom. The summed E-state index contributed by atoms with van der Waals surface area (Å²) in [6.07, 6.45) is 4.44. The number of fused-ring (bicyclic) bond motifs is 1. The third-order valence-corrected chi connectivity index (χ3v) is 3.76. The van der Waals surface area contributed by atoms with Crippen LogP contribution in [0.25, 0.3) is 10.9 Å². The molecule has 4 N–H and O–H groups in total. The van der Waals surface area contributed by atoms with E-state index in [1.165, 1.54) is 16.5 Å². The topological polar surface area (TPSA) is 80.1 Å². The van der Waals surface area contributed by atoms with E-state index in [1.54, 1.807) is 0 Å². The van der Waals surface area contributed by atoms with Gasteiger partial charge in [-0.15, -0.1) is 0 Å². The number of carbonyl (C=O) groups is 1. The SMILES string of the molecule is NCCc1c[nH]c2ccc(CC[C@H]3COC(=O)N3)cc12. The van der Waals surface area contributed by atoms with Gasteiger partial charge in [-0.2, -0.15) is 0 Å². The van der Waals surface area contributed by atoms with Gasteiger partial charge in [-0.3, -0.25) is 0 Å². The monoisotopic (exact) mass is 273 g/mol. The first kappa shape index (κ1) is 13.0. The van der Waals surface area contributed by atoms with Crippen LogP contribution in [0.4, 0.5) is 4.79 Å². The highest BCUT2D eigenvalue weighted by Gasteiger charge is 2.21. The second-order valence-electron chi connectivity index (χ2n) is 5.21. The molecule has 1 aromatic heterocycles. The predicted molar refractivity (Wildman–Crippen MR) is 77.6 cm³/mol. The molecule has 2 aromatic rings. The van der Waals surface area contributed by atoms with Crippen LogP contribution in [0.1, 0.15) is 17.5 Å². The van der Waals surface area contributed by atoms with Gasteiger partial charge in [0.1, 0.15) is 6.61 Å². The van der Waals surface area contributed by atoms with Crippen LogP contribution in [-0.2, 0) is 17.6 Å². The number of nitrogens with one attached hydrogen (secondary N) is 2.